The van der Waals surface area contributed by atoms with Crippen LogP contribution in [0.2, 0.25) is 0 Å². The zero-order valence-electron chi connectivity index (χ0n) is 9.43. The Morgan fingerprint density at radius 1 is 1.27 bits per heavy atom. The second-order valence-electron chi connectivity index (χ2n) is 5.00. The van der Waals surface area contributed by atoms with E-state index in [1.807, 2.05) is 0 Å². The van der Waals surface area contributed by atoms with Gasteiger partial charge in [-0.15, -0.1) is 0 Å². The van der Waals surface area contributed by atoms with Gasteiger partial charge in [0.15, 0.2) is 0 Å². The molecule has 0 aromatic heterocycles. The molecule has 1 aliphatic carbocycles. The lowest BCUT2D eigenvalue weighted by Crippen LogP contribution is -2.34. The maximum absolute atomic E-state index is 11.6. The number of carbonyl (C=O) groups excluding carboxylic acids is 1. The minimum Gasteiger partial charge on any atom is -0.356 e. The van der Waals surface area contributed by atoms with Crippen molar-refractivity contribution in [1.82, 2.24) is 10.6 Å². The summed E-state index contributed by atoms with van der Waals surface area (Å²) in [5.41, 5.74) is 0. The zero-order valence-corrected chi connectivity index (χ0v) is 9.43. The van der Waals surface area contributed by atoms with Crippen molar-refractivity contribution in [3.63, 3.8) is 0 Å². The molecule has 1 saturated heterocycles. The molecule has 1 saturated carbocycles. The molecule has 15 heavy (non-hydrogen) atoms. The molecule has 0 bridgehead atoms. The van der Waals surface area contributed by atoms with E-state index in [9.17, 15) is 4.79 Å². The number of rotatable bonds is 5. The summed E-state index contributed by atoms with van der Waals surface area (Å²) in [5.74, 6) is 1.74. The Labute approximate surface area is 92.0 Å². The van der Waals surface area contributed by atoms with Crippen molar-refractivity contribution in [3.8, 4) is 0 Å². The van der Waals surface area contributed by atoms with E-state index < -0.39 is 0 Å². The van der Waals surface area contributed by atoms with Gasteiger partial charge in [0.2, 0.25) is 5.91 Å². The summed E-state index contributed by atoms with van der Waals surface area (Å²) in [6, 6.07) is 0. The molecule has 1 atom stereocenters. The largest absolute Gasteiger partial charge is 0.356 e. The lowest BCUT2D eigenvalue weighted by atomic mass is 9.96. The van der Waals surface area contributed by atoms with Crippen molar-refractivity contribution in [3.05, 3.63) is 0 Å². The van der Waals surface area contributed by atoms with Gasteiger partial charge in [0.05, 0.1) is 0 Å². The molecule has 3 heteroatoms. The molecule has 0 aromatic rings. The number of carbonyl (C=O) groups is 1. The lowest BCUT2D eigenvalue weighted by molar-refractivity contribution is -0.122. The smallest absolute Gasteiger partial charge is 0.220 e. The third-order valence-electron chi connectivity index (χ3n) is 3.44. The van der Waals surface area contributed by atoms with Crippen molar-refractivity contribution in [2.24, 2.45) is 11.8 Å². The molecule has 0 spiro atoms. The first-order valence-electron chi connectivity index (χ1n) is 6.32. The van der Waals surface area contributed by atoms with E-state index in [4.69, 9.17) is 0 Å². The summed E-state index contributed by atoms with van der Waals surface area (Å²) in [5, 5.41) is 6.38. The summed E-state index contributed by atoms with van der Waals surface area (Å²) in [6.07, 6.45) is 7.10. The van der Waals surface area contributed by atoms with Crippen molar-refractivity contribution in [1.29, 1.82) is 0 Å². The van der Waals surface area contributed by atoms with Crippen LogP contribution in [0.3, 0.4) is 0 Å². The van der Waals surface area contributed by atoms with E-state index in [-0.39, 0.29) is 5.91 Å². The maximum atomic E-state index is 11.6. The van der Waals surface area contributed by atoms with Crippen molar-refractivity contribution < 1.29 is 4.79 Å². The Bertz CT molecular complexity index is 208. The van der Waals surface area contributed by atoms with E-state index in [0.29, 0.717) is 5.92 Å². The third kappa shape index (κ3) is 4.20. The van der Waals surface area contributed by atoms with Crippen molar-refractivity contribution in [2.75, 3.05) is 19.6 Å². The van der Waals surface area contributed by atoms with Gasteiger partial charge in [-0.25, -0.2) is 0 Å². The maximum Gasteiger partial charge on any atom is 0.220 e. The Morgan fingerprint density at radius 3 is 2.80 bits per heavy atom. The van der Waals surface area contributed by atoms with Gasteiger partial charge in [-0.3, -0.25) is 4.79 Å². The monoisotopic (exact) mass is 210 g/mol. The average molecular weight is 210 g/mol. The normalized spacial score (nSPS) is 26.3. The van der Waals surface area contributed by atoms with Gasteiger partial charge in [-0.1, -0.05) is 12.8 Å². The third-order valence-corrected chi connectivity index (χ3v) is 3.44. The lowest BCUT2D eigenvalue weighted by Gasteiger charge is -2.22. The molecule has 86 valence electrons. The summed E-state index contributed by atoms with van der Waals surface area (Å²) in [4.78, 5) is 11.6. The Balaban J connectivity index is 1.54. The quantitative estimate of drug-likeness (QED) is 0.718. The predicted octanol–water partition coefficient (Wildman–Crippen LogP) is 1.29. The highest BCUT2D eigenvalue weighted by Gasteiger charge is 2.21. The summed E-state index contributed by atoms with van der Waals surface area (Å²) in [7, 11) is 0. The van der Waals surface area contributed by atoms with Crippen LogP contribution in [0, 0.1) is 11.8 Å². The topological polar surface area (TPSA) is 41.1 Å². The number of amides is 1. The summed E-state index contributed by atoms with van der Waals surface area (Å²) in [6.45, 7) is 3.04. The number of nitrogens with one attached hydrogen (secondary N) is 2. The van der Waals surface area contributed by atoms with Crippen molar-refractivity contribution in [2.45, 2.75) is 38.5 Å². The zero-order chi connectivity index (χ0) is 10.5. The first-order valence-corrected chi connectivity index (χ1v) is 6.32. The number of hydrogen-bond donors (Lipinski definition) is 2. The fourth-order valence-electron chi connectivity index (χ4n) is 2.25. The second kappa shape index (κ2) is 5.50. The summed E-state index contributed by atoms with van der Waals surface area (Å²) < 4.78 is 0. The Morgan fingerprint density at radius 2 is 2.13 bits per heavy atom. The van der Waals surface area contributed by atoms with E-state index in [1.165, 1.54) is 32.1 Å². The molecule has 1 heterocycles. The molecule has 2 fully saturated rings. The van der Waals surface area contributed by atoms with Crippen LogP contribution in [0.15, 0.2) is 0 Å². The van der Waals surface area contributed by atoms with Gasteiger partial charge in [-0.2, -0.15) is 0 Å². The van der Waals surface area contributed by atoms with Crippen LogP contribution in [0.1, 0.15) is 38.5 Å². The van der Waals surface area contributed by atoms with Crippen LogP contribution in [0.5, 0.6) is 0 Å². The second-order valence-corrected chi connectivity index (χ2v) is 5.00. The molecule has 1 aliphatic heterocycles. The molecule has 3 nitrogen and oxygen atoms in total. The highest BCUT2D eigenvalue weighted by atomic mass is 16.1. The van der Waals surface area contributed by atoms with E-state index in [2.05, 4.69) is 10.6 Å². The molecule has 2 N–H and O–H groups in total. The number of piperidine rings is 1. The highest BCUT2D eigenvalue weighted by molar-refractivity contribution is 5.76. The average Bonchev–Trinajstić information content (AvgIpc) is 3.03. The molecule has 2 rings (SSSR count). The molecular weight excluding hydrogens is 188 g/mol. The molecule has 0 radical (unpaired) electrons. The number of hydrogen-bond acceptors (Lipinski definition) is 2. The molecular formula is C12H22N2O. The fraction of sp³-hybridized carbons (Fsp3) is 0.917. The minimum atomic E-state index is 0.254. The molecule has 1 amide bonds. The van der Waals surface area contributed by atoms with Crippen LogP contribution in [0.4, 0.5) is 0 Å². The first-order chi connectivity index (χ1) is 7.34. The van der Waals surface area contributed by atoms with Gasteiger partial charge in [0.1, 0.15) is 0 Å². The predicted molar refractivity (Wildman–Crippen MR) is 60.6 cm³/mol. The van der Waals surface area contributed by atoms with Gasteiger partial charge >= 0.3 is 0 Å². The van der Waals surface area contributed by atoms with Crippen LogP contribution in [-0.4, -0.2) is 25.5 Å². The van der Waals surface area contributed by atoms with Crippen LogP contribution < -0.4 is 10.6 Å². The summed E-state index contributed by atoms with van der Waals surface area (Å²) >= 11 is 0. The van der Waals surface area contributed by atoms with Gasteiger partial charge < -0.3 is 10.6 Å². The standard InChI is InChI=1S/C12H22N2O/c15-12(14-7-5-10-3-4-10)8-11-2-1-6-13-9-11/h10-11,13H,1-9H2,(H,14,15). The fourth-order valence-corrected chi connectivity index (χ4v) is 2.25. The van der Waals surface area contributed by atoms with E-state index in [1.54, 1.807) is 0 Å². The van der Waals surface area contributed by atoms with Gasteiger partial charge in [-0.05, 0) is 44.2 Å². The van der Waals surface area contributed by atoms with Gasteiger partial charge in [0.25, 0.3) is 0 Å². The van der Waals surface area contributed by atoms with Gasteiger partial charge in [0, 0.05) is 13.0 Å². The minimum absolute atomic E-state index is 0.254. The molecule has 0 aromatic carbocycles. The van der Waals surface area contributed by atoms with Crippen LogP contribution in [0.25, 0.3) is 0 Å². The highest BCUT2D eigenvalue weighted by Crippen LogP contribution is 2.31. The Hall–Kier alpha value is -0.570. The Kier molecular flexibility index (Phi) is 4.01. The van der Waals surface area contributed by atoms with Crippen molar-refractivity contribution >= 4 is 5.91 Å². The first kappa shape index (κ1) is 10.9. The van der Waals surface area contributed by atoms with E-state index in [0.717, 1.165) is 32.0 Å². The van der Waals surface area contributed by atoms with Crippen LogP contribution in [-0.2, 0) is 4.79 Å². The molecule has 1 unspecified atom stereocenters. The van der Waals surface area contributed by atoms with Crippen LogP contribution >= 0.6 is 0 Å². The molecule has 2 aliphatic rings. The SMILES string of the molecule is O=C(CC1CCCNC1)NCCC1CC1. The van der Waals surface area contributed by atoms with E-state index >= 15 is 0 Å².